The summed E-state index contributed by atoms with van der Waals surface area (Å²) in [6.07, 6.45) is 3.15. The largest absolute Gasteiger partial charge is 0.476 e. The van der Waals surface area contributed by atoms with E-state index >= 15 is 0 Å². The summed E-state index contributed by atoms with van der Waals surface area (Å²) < 4.78 is 1.10. The summed E-state index contributed by atoms with van der Waals surface area (Å²) in [5.41, 5.74) is 7.32. The highest BCUT2D eigenvalue weighted by Crippen LogP contribution is 2.41. The zero-order chi connectivity index (χ0) is 22.2. The number of carbonyl (C=O) groups excluding carboxylic acids is 1. The molecular weight excluding hydrogens is 422 g/mol. The van der Waals surface area contributed by atoms with Crippen molar-refractivity contribution in [1.29, 1.82) is 0 Å². The normalized spacial score (nSPS) is 19.6. The number of amides is 1. The summed E-state index contributed by atoms with van der Waals surface area (Å²) in [4.78, 5) is 27.7. The van der Waals surface area contributed by atoms with Crippen LogP contribution in [0.15, 0.2) is 30.5 Å². The molecule has 2 aromatic rings. The standard InChI is InChI=1S/C21H26ClN5O4/c22-15-1-2-16(18(23)28)14(11-15)12-25-8-4-21(13-25)5-9-26(10-6-21)20(31)27-7-3-17(24-27)19(29)30/h1-3,7,11,18,28H,4-6,8-10,12-13,23H2,(H,29,30). The van der Waals surface area contributed by atoms with E-state index in [9.17, 15) is 14.7 Å². The van der Waals surface area contributed by atoms with Gasteiger partial charge in [0.05, 0.1) is 0 Å². The number of hydrogen-bond donors (Lipinski definition) is 3. The molecule has 1 aromatic carbocycles. The number of aromatic nitrogens is 2. The van der Waals surface area contributed by atoms with Gasteiger partial charge in [0, 0.05) is 37.4 Å². The molecule has 1 unspecified atom stereocenters. The van der Waals surface area contributed by atoms with E-state index in [0.717, 1.165) is 42.6 Å². The van der Waals surface area contributed by atoms with Crippen LogP contribution in [0.4, 0.5) is 4.79 Å². The Labute approximate surface area is 185 Å². The Balaban J connectivity index is 1.36. The molecule has 0 radical (unpaired) electrons. The van der Waals surface area contributed by atoms with Crippen LogP contribution >= 0.6 is 11.6 Å². The van der Waals surface area contributed by atoms with Gasteiger partial charge in [-0.2, -0.15) is 9.78 Å². The molecule has 1 amide bonds. The molecule has 2 fully saturated rings. The van der Waals surface area contributed by atoms with Gasteiger partial charge in [0.1, 0.15) is 6.23 Å². The number of carboxylic acids is 1. The van der Waals surface area contributed by atoms with Crippen molar-refractivity contribution in [1.82, 2.24) is 19.6 Å². The van der Waals surface area contributed by atoms with E-state index in [2.05, 4.69) is 10.00 Å². The second-order valence-corrected chi connectivity index (χ2v) is 8.91. The van der Waals surface area contributed by atoms with E-state index in [4.69, 9.17) is 22.4 Å². The highest BCUT2D eigenvalue weighted by molar-refractivity contribution is 6.30. The minimum Gasteiger partial charge on any atom is -0.476 e. The van der Waals surface area contributed by atoms with Gasteiger partial charge in [-0.15, -0.1) is 0 Å². The fraction of sp³-hybridized carbons (Fsp3) is 0.476. The average Bonchev–Trinajstić information content (AvgIpc) is 3.36. The number of carbonyl (C=O) groups is 2. The van der Waals surface area contributed by atoms with Gasteiger partial charge in [-0.3, -0.25) is 4.90 Å². The maximum atomic E-state index is 12.7. The fourth-order valence-electron chi connectivity index (χ4n) is 4.67. The van der Waals surface area contributed by atoms with Crippen LogP contribution in [0, 0.1) is 5.41 Å². The van der Waals surface area contributed by atoms with Gasteiger partial charge in [-0.25, -0.2) is 9.59 Å². The number of aliphatic hydroxyl groups is 1. The number of carboxylic acid groups (broad SMARTS) is 1. The smallest absolute Gasteiger partial charge is 0.356 e. The van der Waals surface area contributed by atoms with E-state index in [1.54, 1.807) is 17.0 Å². The van der Waals surface area contributed by atoms with Gasteiger partial charge in [0.2, 0.25) is 0 Å². The van der Waals surface area contributed by atoms with Crippen LogP contribution in [0.2, 0.25) is 5.02 Å². The molecule has 9 nitrogen and oxygen atoms in total. The second-order valence-electron chi connectivity index (χ2n) is 8.47. The number of hydrogen-bond acceptors (Lipinski definition) is 6. The Morgan fingerprint density at radius 2 is 1.90 bits per heavy atom. The molecule has 2 saturated heterocycles. The van der Waals surface area contributed by atoms with Crippen LogP contribution in [0.5, 0.6) is 0 Å². The summed E-state index contributed by atoms with van der Waals surface area (Å²) in [6, 6.07) is 6.38. The molecule has 1 aromatic heterocycles. The van der Waals surface area contributed by atoms with Gasteiger partial charge in [0.25, 0.3) is 0 Å². The lowest BCUT2D eigenvalue weighted by Gasteiger charge is -2.39. The van der Waals surface area contributed by atoms with Crippen LogP contribution < -0.4 is 5.73 Å². The first-order valence-corrected chi connectivity index (χ1v) is 10.7. The highest BCUT2D eigenvalue weighted by Gasteiger charge is 2.41. The van der Waals surface area contributed by atoms with Gasteiger partial charge < -0.3 is 20.8 Å². The van der Waals surface area contributed by atoms with E-state index in [1.807, 2.05) is 6.07 Å². The molecule has 1 spiro atoms. The molecule has 2 aliphatic rings. The third kappa shape index (κ3) is 4.59. The van der Waals surface area contributed by atoms with Gasteiger partial charge in [-0.05, 0) is 60.5 Å². The lowest BCUT2D eigenvalue weighted by molar-refractivity contribution is 0.0689. The molecule has 0 bridgehead atoms. The van der Waals surface area contributed by atoms with E-state index < -0.39 is 12.2 Å². The van der Waals surface area contributed by atoms with Crippen molar-refractivity contribution in [3.63, 3.8) is 0 Å². The minimum absolute atomic E-state index is 0.142. The van der Waals surface area contributed by atoms with Crippen LogP contribution in [-0.4, -0.2) is 68.0 Å². The molecule has 3 heterocycles. The number of aromatic carboxylic acids is 1. The number of rotatable bonds is 4. The lowest BCUT2D eigenvalue weighted by Crippen LogP contribution is -2.45. The topological polar surface area (TPSA) is 125 Å². The molecule has 2 aliphatic heterocycles. The first-order chi connectivity index (χ1) is 14.8. The maximum Gasteiger partial charge on any atom is 0.356 e. The number of benzene rings is 1. The van der Waals surface area contributed by atoms with Gasteiger partial charge in [0.15, 0.2) is 5.69 Å². The number of aliphatic hydroxyl groups excluding tert-OH is 1. The van der Waals surface area contributed by atoms with Crippen molar-refractivity contribution < 1.29 is 19.8 Å². The van der Waals surface area contributed by atoms with Crippen LogP contribution in [0.3, 0.4) is 0 Å². The zero-order valence-corrected chi connectivity index (χ0v) is 17.8. The minimum atomic E-state index is -1.15. The fourth-order valence-corrected chi connectivity index (χ4v) is 4.87. The summed E-state index contributed by atoms with van der Waals surface area (Å²) in [7, 11) is 0. The molecule has 4 N–H and O–H groups in total. The number of nitrogens with zero attached hydrogens (tertiary/aromatic N) is 4. The Kier molecular flexibility index (Phi) is 6.02. The first kappa shape index (κ1) is 21.8. The Hall–Kier alpha value is -2.46. The van der Waals surface area contributed by atoms with Crippen molar-refractivity contribution in [3.05, 3.63) is 52.3 Å². The predicted octanol–water partition coefficient (Wildman–Crippen LogP) is 2.14. The zero-order valence-electron chi connectivity index (χ0n) is 17.1. The Morgan fingerprint density at radius 3 is 2.55 bits per heavy atom. The van der Waals surface area contributed by atoms with Crippen molar-refractivity contribution in [2.75, 3.05) is 26.2 Å². The molecule has 0 saturated carbocycles. The van der Waals surface area contributed by atoms with Crippen LogP contribution in [0.1, 0.15) is 47.1 Å². The van der Waals surface area contributed by atoms with E-state index in [-0.39, 0.29) is 17.1 Å². The van der Waals surface area contributed by atoms with Gasteiger partial charge >= 0.3 is 12.0 Å². The first-order valence-electron chi connectivity index (χ1n) is 10.3. The summed E-state index contributed by atoms with van der Waals surface area (Å²) in [6.45, 7) is 3.73. The third-order valence-corrected chi connectivity index (χ3v) is 6.67. The van der Waals surface area contributed by atoms with Crippen molar-refractivity contribution in [3.8, 4) is 0 Å². The number of nitrogens with two attached hydrogens (primary N) is 1. The molecule has 31 heavy (non-hydrogen) atoms. The maximum absolute atomic E-state index is 12.7. The summed E-state index contributed by atoms with van der Waals surface area (Å²) in [5.74, 6) is -1.15. The number of halogens is 1. The van der Waals surface area contributed by atoms with Gasteiger partial charge in [-0.1, -0.05) is 17.7 Å². The summed E-state index contributed by atoms with van der Waals surface area (Å²) >= 11 is 6.15. The second kappa shape index (κ2) is 8.58. The molecule has 4 rings (SSSR count). The Bertz CT molecular complexity index is 984. The molecular formula is C21H26ClN5O4. The van der Waals surface area contributed by atoms with Crippen molar-refractivity contribution in [2.24, 2.45) is 11.1 Å². The van der Waals surface area contributed by atoms with Crippen molar-refractivity contribution in [2.45, 2.75) is 32.0 Å². The highest BCUT2D eigenvalue weighted by atomic mass is 35.5. The number of piperidine rings is 1. The quantitative estimate of drug-likeness (QED) is 0.613. The monoisotopic (exact) mass is 447 g/mol. The van der Waals surface area contributed by atoms with E-state index in [1.165, 1.54) is 12.3 Å². The molecule has 10 heteroatoms. The average molecular weight is 448 g/mol. The summed E-state index contributed by atoms with van der Waals surface area (Å²) in [5, 5.41) is 23.3. The molecule has 0 aliphatic carbocycles. The molecule has 1 atom stereocenters. The van der Waals surface area contributed by atoms with Crippen molar-refractivity contribution >= 4 is 23.6 Å². The lowest BCUT2D eigenvalue weighted by atomic mass is 9.78. The third-order valence-electron chi connectivity index (χ3n) is 6.43. The Morgan fingerprint density at radius 1 is 1.19 bits per heavy atom. The van der Waals surface area contributed by atoms with Crippen LogP contribution in [-0.2, 0) is 6.54 Å². The molecule has 166 valence electrons. The number of likely N-dealkylation sites (tertiary alicyclic amines) is 2. The van der Waals surface area contributed by atoms with E-state index in [0.29, 0.717) is 30.2 Å². The SMILES string of the molecule is NC(O)c1ccc(Cl)cc1CN1CCC2(CCN(C(=O)n3ccc(C(=O)O)n3)CC2)C1. The predicted molar refractivity (Wildman–Crippen MR) is 114 cm³/mol. The van der Waals surface area contributed by atoms with Crippen LogP contribution in [0.25, 0.3) is 0 Å².